The van der Waals surface area contributed by atoms with E-state index in [9.17, 15) is 9.67 Å². The Labute approximate surface area is 166 Å². The highest BCUT2D eigenvalue weighted by molar-refractivity contribution is 7.46. The first kappa shape index (κ1) is 22.8. The van der Waals surface area contributed by atoms with Gasteiger partial charge in [0.1, 0.15) is 0 Å². The molecular weight excluding hydrogens is 377 g/mol. The third kappa shape index (κ3) is 7.84. The van der Waals surface area contributed by atoms with E-state index in [-0.39, 0.29) is 0 Å². The maximum absolute atomic E-state index is 10.8. The fraction of sp³-hybridized carbons (Fsp3) is 0.429. The molecule has 0 aliphatic heterocycles. The van der Waals surface area contributed by atoms with E-state index in [1.807, 2.05) is 12.1 Å². The Kier molecular flexibility index (Phi) is 8.38. The highest BCUT2D eigenvalue weighted by Crippen LogP contribution is 2.36. The number of hydrogen-bond acceptors (Lipinski definition) is 4. The predicted molar refractivity (Wildman–Crippen MR) is 110 cm³/mol. The van der Waals surface area contributed by atoms with Gasteiger partial charge in [-0.3, -0.25) is 4.52 Å². The Balaban J connectivity index is 1.84. The lowest BCUT2D eigenvalue weighted by atomic mass is 9.93. The summed E-state index contributed by atoms with van der Waals surface area (Å²) in [5, 5.41) is 9.46. The second-order valence-electron chi connectivity index (χ2n) is 7.27. The molecule has 154 valence electrons. The molecule has 0 saturated carbocycles. The summed E-state index contributed by atoms with van der Waals surface area (Å²) < 4.78 is 15.3. The number of nitrogens with two attached hydrogens (primary N) is 1. The van der Waals surface area contributed by atoms with Gasteiger partial charge in [0.15, 0.2) is 0 Å². The van der Waals surface area contributed by atoms with Crippen molar-refractivity contribution in [3.05, 3.63) is 70.8 Å². The summed E-state index contributed by atoms with van der Waals surface area (Å²) >= 11 is 0. The average Bonchev–Trinajstić information content (AvgIpc) is 2.70. The second kappa shape index (κ2) is 10.3. The molecule has 0 spiro atoms. The molecule has 28 heavy (non-hydrogen) atoms. The van der Waals surface area contributed by atoms with Gasteiger partial charge >= 0.3 is 7.82 Å². The van der Waals surface area contributed by atoms with Gasteiger partial charge in [0.25, 0.3) is 0 Å². The molecule has 0 heterocycles. The monoisotopic (exact) mass is 407 g/mol. The molecule has 0 radical (unpaired) electrons. The molecule has 2 aromatic rings. The van der Waals surface area contributed by atoms with Crippen molar-refractivity contribution in [2.45, 2.75) is 44.6 Å². The lowest BCUT2D eigenvalue weighted by Gasteiger charge is -2.27. The lowest BCUT2D eigenvalue weighted by molar-refractivity contribution is 0.102. The van der Waals surface area contributed by atoms with Crippen LogP contribution in [-0.2, 0) is 34.8 Å². The van der Waals surface area contributed by atoms with Gasteiger partial charge in [0.05, 0.1) is 18.8 Å². The molecule has 1 unspecified atom stereocenters. The topological polar surface area (TPSA) is 113 Å². The van der Waals surface area contributed by atoms with Crippen molar-refractivity contribution in [3.63, 3.8) is 0 Å². The Morgan fingerprint density at radius 3 is 1.71 bits per heavy atom. The SMILES string of the molecule is CCc1ccc(CCc2ccc(CCC(N)(CO)COP(=O)(O)O)cc2)cc1. The molecule has 0 aliphatic carbocycles. The zero-order valence-electron chi connectivity index (χ0n) is 16.3. The summed E-state index contributed by atoms with van der Waals surface area (Å²) in [4.78, 5) is 17.6. The fourth-order valence-electron chi connectivity index (χ4n) is 2.91. The summed E-state index contributed by atoms with van der Waals surface area (Å²) in [6, 6.07) is 16.9. The largest absolute Gasteiger partial charge is 0.469 e. The molecule has 0 saturated heterocycles. The molecule has 0 bridgehead atoms. The summed E-state index contributed by atoms with van der Waals surface area (Å²) in [5.41, 5.74) is 9.77. The Hall–Kier alpha value is -1.53. The first-order chi connectivity index (χ1) is 13.2. The number of aryl methyl sites for hydroxylation is 4. The first-order valence-electron chi connectivity index (χ1n) is 9.48. The second-order valence-corrected chi connectivity index (χ2v) is 8.51. The molecule has 2 rings (SSSR count). The van der Waals surface area contributed by atoms with Crippen molar-refractivity contribution in [2.24, 2.45) is 5.73 Å². The molecule has 1 atom stereocenters. The molecule has 2 aromatic carbocycles. The zero-order valence-corrected chi connectivity index (χ0v) is 17.1. The van der Waals surface area contributed by atoms with Gasteiger partial charge in [-0.25, -0.2) is 4.57 Å². The Bertz CT molecular complexity index is 772. The minimum Gasteiger partial charge on any atom is -0.394 e. The zero-order chi connectivity index (χ0) is 20.6. The van der Waals surface area contributed by atoms with Gasteiger partial charge in [-0.2, -0.15) is 0 Å². The molecule has 6 nitrogen and oxygen atoms in total. The van der Waals surface area contributed by atoms with Gasteiger partial charge in [-0.1, -0.05) is 55.5 Å². The van der Waals surface area contributed by atoms with Gasteiger partial charge in [0.2, 0.25) is 0 Å². The Morgan fingerprint density at radius 2 is 1.32 bits per heavy atom. The molecule has 5 N–H and O–H groups in total. The lowest BCUT2D eigenvalue weighted by Crippen LogP contribution is -2.48. The van der Waals surface area contributed by atoms with E-state index in [0.717, 1.165) is 24.8 Å². The number of aliphatic hydroxyl groups is 1. The van der Waals surface area contributed by atoms with Gasteiger partial charge in [-0.15, -0.1) is 0 Å². The smallest absolute Gasteiger partial charge is 0.394 e. The van der Waals surface area contributed by atoms with Crippen LogP contribution in [0.1, 0.15) is 35.6 Å². The highest BCUT2D eigenvalue weighted by atomic mass is 31.2. The molecule has 0 aliphatic rings. The summed E-state index contributed by atoms with van der Waals surface area (Å²) in [6.45, 7) is 1.33. The fourth-order valence-corrected chi connectivity index (χ4v) is 3.33. The van der Waals surface area contributed by atoms with E-state index in [1.165, 1.54) is 16.7 Å². The number of benzene rings is 2. The predicted octanol–water partition coefficient (Wildman–Crippen LogP) is 2.77. The van der Waals surface area contributed by atoms with Gasteiger partial charge in [-0.05, 0) is 54.4 Å². The van der Waals surface area contributed by atoms with Crippen molar-refractivity contribution in [2.75, 3.05) is 13.2 Å². The van der Waals surface area contributed by atoms with E-state index in [2.05, 4.69) is 47.8 Å². The van der Waals surface area contributed by atoms with E-state index < -0.39 is 26.6 Å². The molecular formula is C21H30NO5P. The van der Waals surface area contributed by atoms with E-state index in [4.69, 9.17) is 15.5 Å². The van der Waals surface area contributed by atoms with Crippen LogP contribution in [0.2, 0.25) is 0 Å². The summed E-state index contributed by atoms with van der Waals surface area (Å²) in [6.07, 6.45) is 3.93. The van der Waals surface area contributed by atoms with Crippen molar-refractivity contribution in [3.8, 4) is 0 Å². The Morgan fingerprint density at radius 1 is 0.893 bits per heavy atom. The van der Waals surface area contributed by atoms with Gasteiger partial charge < -0.3 is 20.6 Å². The third-order valence-corrected chi connectivity index (χ3v) is 5.37. The van der Waals surface area contributed by atoms with Crippen molar-refractivity contribution < 1.29 is 24.0 Å². The number of phosphoric acid groups is 1. The van der Waals surface area contributed by atoms with Crippen LogP contribution in [0.25, 0.3) is 0 Å². The van der Waals surface area contributed by atoms with Crippen molar-refractivity contribution in [1.82, 2.24) is 0 Å². The normalized spacial score (nSPS) is 14.0. The van der Waals surface area contributed by atoms with Crippen LogP contribution in [-0.4, -0.2) is 33.6 Å². The van der Waals surface area contributed by atoms with Crippen LogP contribution >= 0.6 is 7.82 Å². The van der Waals surface area contributed by atoms with Crippen LogP contribution in [0, 0.1) is 0 Å². The van der Waals surface area contributed by atoms with Crippen molar-refractivity contribution in [1.29, 1.82) is 0 Å². The van der Waals surface area contributed by atoms with E-state index in [0.29, 0.717) is 12.8 Å². The minimum atomic E-state index is -4.61. The number of phosphoric ester groups is 1. The average molecular weight is 407 g/mol. The molecule has 7 heteroatoms. The first-order valence-corrected chi connectivity index (χ1v) is 11.0. The number of hydrogen-bond donors (Lipinski definition) is 4. The molecule has 0 fully saturated rings. The summed E-state index contributed by atoms with van der Waals surface area (Å²) in [5.74, 6) is 0. The van der Waals surface area contributed by atoms with E-state index in [1.54, 1.807) is 0 Å². The summed E-state index contributed by atoms with van der Waals surface area (Å²) in [7, 11) is -4.61. The van der Waals surface area contributed by atoms with Crippen LogP contribution in [0.4, 0.5) is 0 Å². The maximum atomic E-state index is 10.8. The van der Waals surface area contributed by atoms with Gasteiger partial charge in [0, 0.05) is 0 Å². The van der Waals surface area contributed by atoms with E-state index >= 15 is 0 Å². The minimum absolute atomic E-state index is 0.354. The standard InChI is InChI=1S/C21H30NO5P/c1-2-17-3-5-18(6-4-17)7-8-19-9-11-20(12-10-19)13-14-21(22,15-23)16-27-28(24,25)26/h3-6,9-12,23H,2,7-8,13-16,22H2,1H3,(H2,24,25,26). The third-order valence-electron chi connectivity index (χ3n) is 4.90. The maximum Gasteiger partial charge on any atom is 0.469 e. The molecule has 0 amide bonds. The highest BCUT2D eigenvalue weighted by Gasteiger charge is 2.28. The number of aliphatic hydroxyl groups excluding tert-OH is 1. The quantitative estimate of drug-likeness (QED) is 0.426. The van der Waals surface area contributed by atoms with Crippen LogP contribution in [0.3, 0.4) is 0 Å². The van der Waals surface area contributed by atoms with Crippen molar-refractivity contribution >= 4 is 7.82 Å². The molecule has 0 aromatic heterocycles. The van der Waals surface area contributed by atoms with Crippen LogP contribution in [0.5, 0.6) is 0 Å². The van der Waals surface area contributed by atoms with Crippen LogP contribution < -0.4 is 5.73 Å². The number of rotatable bonds is 11. The van der Waals surface area contributed by atoms with Crippen LogP contribution in [0.15, 0.2) is 48.5 Å².